The number of hydrogen-bond acceptors (Lipinski definition) is 6. The van der Waals surface area contributed by atoms with E-state index in [9.17, 15) is 9.59 Å². The molecule has 0 bridgehead atoms. The number of hydrogen-bond donors (Lipinski definition) is 0. The van der Waals surface area contributed by atoms with Gasteiger partial charge in [-0.3, -0.25) is 0 Å². The number of rotatable bonds is 7. The van der Waals surface area contributed by atoms with Crippen molar-refractivity contribution >= 4 is 12.3 Å². The maximum Gasteiger partial charge on any atom is 0.519 e. The SMILES string of the molecule is COC(=O)Oc1ccc(C2(c3ccc(OC(=O)Oc4ccc(C5(c6ccccc6)CCC(C)(C)C(C)C5)cc4C)c(C)c3)CCC(C)(C)C(C)C2)cc1. The maximum absolute atomic E-state index is 13.3. The van der Waals surface area contributed by atoms with E-state index >= 15 is 0 Å². The van der Waals surface area contributed by atoms with Crippen molar-refractivity contribution in [1.82, 2.24) is 0 Å². The molecule has 4 atom stereocenters. The molecule has 0 amide bonds. The first kappa shape index (κ1) is 38.2. The zero-order valence-electron chi connectivity index (χ0n) is 33.0. The first-order valence-electron chi connectivity index (χ1n) is 19.1. The smallest absolute Gasteiger partial charge is 0.437 e. The van der Waals surface area contributed by atoms with Crippen LogP contribution in [-0.4, -0.2) is 19.4 Å². The van der Waals surface area contributed by atoms with E-state index in [1.54, 1.807) is 0 Å². The van der Waals surface area contributed by atoms with Gasteiger partial charge in [-0.2, -0.15) is 0 Å². The van der Waals surface area contributed by atoms with Crippen molar-refractivity contribution in [2.45, 2.75) is 105 Å². The highest BCUT2D eigenvalue weighted by Gasteiger charge is 2.46. The van der Waals surface area contributed by atoms with E-state index in [1.807, 2.05) is 50.2 Å². The molecule has 0 radical (unpaired) electrons. The second-order valence-corrected chi connectivity index (χ2v) is 17.2. The minimum Gasteiger partial charge on any atom is -0.437 e. The van der Waals surface area contributed by atoms with E-state index in [0.717, 1.165) is 55.2 Å². The lowest BCUT2D eigenvalue weighted by Crippen LogP contribution is -2.41. The van der Waals surface area contributed by atoms with Crippen molar-refractivity contribution in [2.24, 2.45) is 22.7 Å². The molecule has 2 saturated carbocycles. The average molecular weight is 717 g/mol. The molecule has 280 valence electrons. The molecule has 4 aromatic rings. The zero-order valence-corrected chi connectivity index (χ0v) is 33.0. The van der Waals surface area contributed by atoms with Crippen LogP contribution in [0, 0.1) is 36.5 Å². The van der Waals surface area contributed by atoms with E-state index in [0.29, 0.717) is 29.1 Å². The summed E-state index contributed by atoms with van der Waals surface area (Å²) in [5.74, 6) is 2.41. The van der Waals surface area contributed by atoms with E-state index in [4.69, 9.17) is 14.2 Å². The molecule has 0 saturated heterocycles. The van der Waals surface area contributed by atoms with Crippen molar-refractivity contribution < 1.29 is 28.5 Å². The third kappa shape index (κ3) is 7.60. The summed E-state index contributed by atoms with van der Waals surface area (Å²) in [6, 6.07) is 31.0. The van der Waals surface area contributed by atoms with Crippen LogP contribution in [0.15, 0.2) is 91.0 Å². The van der Waals surface area contributed by atoms with Gasteiger partial charge in [-0.15, -0.1) is 0 Å². The van der Waals surface area contributed by atoms with Crippen molar-refractivity contribution in [3.05, 3.63) is 124 Å². The van der Waals surface area contributed by atoms with Gasteiger partial charge in [0.15, 0.2) is 0 Å². The van der Waals surface area contributed by atoms with Gasteiger partial charge in [-0.05, 0) is 133 Å². The van der Waals surface area contributed by atoms with Gasteiger partial charge in [-0.1, -0.05) is 108 Å². The van der Waals surface area contributed by atoms with Crippen LogP contribution >= 0.6 is 0 Å². The van der Waals surface area contributed by atoms with Crippen molar-refractivity contribution in [2.75, 3.05) is 7.11 Å². The largest absolute Gasteiger partial charge is 0.519 e. The van der Waals surface area contributed by atoms with Crippen LogP contribution in [0.5, 0.6) is 17.2 Å². The number of ether oxygens (including phenoxy) is 4. The minimum absolute atomic E-state index is 0.0963. The van der Waals surface area contributed by atoms with Crippen LogP contribution in [0.4, 0.5) is 9.59 Å². The fourth-order valence-corrected chi connectivity index (χ4v) is 8.81. The molecule has 2 fully saturated rings. The minimum atomic E-state index is -0.758. The molecule has 4 unspecified atom stereocenters. The zero-order chi connectivity index (χ0) is 38.2. The first-order chi connectivity index (χ1) is 25.1. The Morgan fingerprint density at radius 3 is 1.40 bits per heavy atom. The van der Waals surface area contributed by atoms with Gasteiger partial charge in [-0.25, -0.2) is 9.59 Å². The van der Waals surface area contributed by atoms with Gasteiger partial charge in [0.1, 0.15) is 17.2 Å². The molecule has 6 heteroatoms. The molecule has 0 heterocycles. The molecule has 0 spiro atoms. The molecule has 2 aliphatic rings. The number of carbonyl (C=O) groups excluding carboxylic acids is 2. The van der Waals surface area contributed by atoms with Crippen LogP contribution in [0.2, 0.25) is 0 Å². The molecule has 53 heavy (non-hydrogen) atoms. The third-order valence-corrected chi connectivity index (χ3v) is 13.3. The normalized spacial score (nSPS) is 24.8. The molecule has 4 aromatic carbocycles. The molecular weight excluding hydrogens is 661 g/mol. The lowest BCUT2D eigenvalue weighted by Gasteiger charge is -2.48. The van der Waals surface area contributed by atoms with Gasteiger partial charge in [0.2, 0.25) is 0 Å². The van der Waals surface area contributed by atoms with Gasteiger partial charge in [0.05, 0.1) is 7.11 Å². The summed E-state index contributed by atoms with van der Waals surface area (Å²) in [6.45, 7) is 18.1. The third-order valence-electron chi connectivity index (χ3n) is 13.3. The quantitative estimate of drug-likeness (QED) is 0.140. The summed E-state index contributed by atoms with van der Waals surface area (Å²) < 4.78 is 21.6. The van der Waals surface area contributed by atoms with E-state index < -0.39 is 12.3 Å². The first-order valence-corrected chi connectivity index (χ1v) is 19.1. The Labute approximate surface area is 316 Å². The summed E-state index contributed by atoms with van der Waals surface area (Å²) in [4.78, 5) is 25.0. The topological polar surface area (TPSA) is 71.1 Å². The van der Waals surface area contributed by atoms with E-state index in [-0.39, 0.29) is 21.7 Å². The van der Waals surface area contributed by atoms with Crippen LogP contribution in [0.3, 0.4) is 0 Å². The standard InChI is InChI=1S/C47H56O6/c1-31-27-37(46(35-13-11-10-12-14-35)25-23-44(5,6)33(3)29-46)17-21-40(31)52-43(49)53-41-22-18-38(28-32(41)2)47(26-24-45(7,8)34(4)30-47)36-15-19-39(20-16-36)51-42(48)50-9/h10-22,27-28,33-34H,23-26,29-30H2,1-9H3. The van der Waals surface area contributed by atoms with E-state index in [2.05, 4.69) is 101 Å². The summed E-state index contributed by atoms with van der Waals surface area (Å²) in [6.07, 6.45) is 4.74. The molecule has 6 rings (SSSR count). The van der Waals surface area contributed by atoms with Crippen molar-refractivity contribution in [1.29, 1.82) is 0 Å². The highest BCUT2D eigenvalue weighted by molar-refractivity contribution is 5.69. The number of methoxy groups -OCH3 is 1. The predicted molar refractivity (Wildman–Crippen MR) is 210 cm³/mol. The second-order valence-electron chi connectivity index (χ2n) is 17.2. The van der Waals surface area contributed by atoms with Crippen LogP contribution in [-0.2, 0) is 15.6 Å². The van der Waals surface area contributed by atoms with Crippen LogP contribution in [0.25, 0.3) is 0 Å². The number of carbonyl (C=O) groups is 2. The summed E-state index contributed by atoms with van der Waals surface area (Å²) in [7, 11) is 1.30. The molecular formula is C47H56O6. The predicted octanol–water partition coefficient (Wildman–Crippen LogP) is 12.3. The molecule has 2 aliphatic carbocycles. The molecule has 6 nitrogen and oxygen atoms in total. The fraction of sp³-hybridized carbons (Fsp3) is 0.447. The van der Waals surface area contributed by atoms with Crippen LogP contribution < -0.4 is 14.2 Å². The Morgan fingerprint density at radius 2 is 0.981 bits per heavy atom. The van der Waals surface area contributed by atoms with Gasteiger partial charge in [0, 0.05) is 10.8 Å². The molecule has 0 aromatic heterocycles. The average Bonchev–Trinajstić information content (AvgIpc) is 3.13. The molecule has 0 N–H and O–H groups in total. The second kappa shape index (κ2) is 14.7. The van der Waals surface area contributed by atoms with Gasteiger partial charge < -0.3 is 18.9 Å². The summed E-state index contributed by atoms with van der Waals surface area (Å²) in [5.41, 5.74) is 6.82. The van der Waals surface area contributed by atoms with Gasteiger partial charge in [0.25, 0.3) is 0 Å². The monoisotopic (exact) mass is 716 g/mol. The van der Waals surface area contributed by atoms with E-state index in [1.165, 1.54) is 23.8 Å². The molecule has 0 aliphatic heterocycles. The number of aryl methyl sites for hydroxylation is 2. The van der Waals surface area contributed by atoms with Crippen molar-refractivity contribution in [3.63, 3.8) is 0 Å². The Hall–Kier alpha value is -4.58. The van der Waals surface area contributed by atoms with Crippen LogP contribution in [0.1, 0.15) is 113 Å². The highest BCUT2D eigenvalue weighted by atomic mass is 16.7. The maximum atomic E-state index is 13.3. The summed E-state index contributed by atoms with van der Waals surface area (Å²) in [5, 5.41) is 0. The Morgan fingerprint density at radius 1 is 0.547 bits per heavy atom. The lowest BCUT2D eigenvalue weighted by atomic mass is 9.55. The Balaban J connectivity index is 1.22. The number of benzene rings is 4. The highest BCUT2D eigenvalue weighted by Crippen LogP contribution is 2.55. The Bertz CT molecular complexity index is 1940. The fourth-order valence-electron chi connectivity index (χ4n) is 8.81. The van der Waals surface area contributed by atoms with Crippen molar-refractivity contribution in [3.8, 4) is 17.2 Å². The summed E-state index contributed by atoms with van der Waals surface area (Å²) >= 11 is 0. The Kier molecular flexibility index (Phi) is 10.6. The van der Waals surface area contributed by atoms with Gasteiger partial charge >= 0.3 is 12.3 Å². The lowest BCUT2D eigenvalue weighted by molar-refractivity contribution is 0.107.